The van der Waals surface area contributed by atoms with Crippen molar-refractivity contribution in [2.75, 3.05) is 6.54 Å². The molecule has 1 aromatic heterocycles. The van der Waals surface area contributed by atoms with Gasteiger partial charge in [0.05, 0.1) is 4.91 Å². The molecule has 0 spiro atoms. The first-order valence-corrected chi connectivity index (χ1v) is 11.4. The number of carbonyl (C=O) groups excluding carboxylic acids is 2. The highest BCUT2D eigenvalue weighted by molar-refractivity contribution is 8.26. The molecule has 1 saturated heterocycles. The molecule has 31 heavy (non-hydrogen) atoms. The Morgan fingerprint density at radius 3 is 2.81 bits per heavy atom. The zero-order chi connectivity index (χ0) is 22.0. The third-order valence-corrected chi connectivity index (χ3v) is 6.83. The zero-order valence-corrected chi connectivity index (χ0v) is 19.1. The molecule has 4 rings (SSSR count). The van der Waals surface area contributed by atoms with Crippen molar-refractivity contribution in [3.05, 3.63) is 75.8 Å². The maximum atomic E-state index is 12.9. The van der Waals surface area contributed by atoms with E-state index in [1.165, 1.54) is 16.7 Å². The van der Waals surface area contributed by atoms with Gasteiger partial charge in [0.15, 0.2) is 0 Å². The minimum atomic E-state index is -0.701. The van der Waals surface area contributed by atoms with Gasteiger partial charge in [0, 0.05) is 28.7 Å². The van der Waals surface area contributed by atoms with E-state index in [2.05, 4.69) is 16.4 Å². The number of halogens is 1. The molecular weight excluding hydrogens is 450 g/mol. The second-order valence-electron chi connectivity index (χ2n) is 7.15. The first-order valence-electron chi connectivity index (χ1n) is 9.80. The molecule has 2 amide bonds. The van der Waals surface area contributed by atoms with Crippen LogP contribution in [0.2, 0.25) is 5.02 Å². The Bertz CT molecular complexity index is 1200. The van der Waals surface area contributed by atoms with Crippen LogP contribution < -0.4 is 5.32 Å². The summed E-state index contributed by atoms with van der Waals surface area (Å²) in [4.78, 5) is 30.7. The molecule has 1 aliphatic rings. The topological polar surface area (TPSA) is 65.2 Å². The quantitative estimate of drug-likeness (QED) is 0.403. The third-order valence-electron chi connectivity index (χ3n) is 5.15. The van der Waals surface area contributed by atoms with Crippen molar-refractivity contribution in [2.45, 2.75) is 19.4 Å². The van der Waals surface area contributed by atoms with Crippen LogP contribution >= 0.6 is 35.6 Å². The van der Waals surface area contributed by atoms with Crippen molar-refractivity contribution in [3.63, 3.8) is 0 Å². The molecule has 0 saturated carbocycles. The van der Waals surface area contributed by atoms with E-state index in [-0.39, 0.29) is 11.8 Å². The second kappa shape index (κ2) is 9.26. The summed E-state index contributed by atoms with van der Waals surface area (Å²) in [6, 6.07) is 14.6. The molecule has 0 radical (unpaired) electrons. The molecule has 2 N–H and O–H groups in total. The largest absolute Gasteiger partial charge is 0.361 e. The molecule has 1 aliphatic heterocycles. The van der Waals surface area contributed by atoms with E-state index in [1.807, 2.05) is 42.6 Å². The predicted octanol–water partition coefficient (Wildman–Crippen LogP) is 4.77. The van der Waals surface area contributed by atoms with E-state index in [1.54, 1.807) is 19.1 Å². The number of hydrogen-bond acceptors (Lipinski definition) is 4. The number of amides is 2. The lowest BCUT2D eigenvalue weighted by Gasteiger charge is -2.22. The highest BCUT2D eigenvalue weighted by Gasteiger charge is 2.38. The van der Waals surface area contributed by atoms with E-state index in [9.17, 15) is 9.59 Å². The van der Waals surface area contributed by atoms with Gasteiger partial charge in [-0.3, -0.25) is 14.5 Å². The normalized spacial score (nSPS) is 16.3. The molecule has 1 fully saturated rings. The SMILES string of the molecule is C[C@@H](C(=O)NCCc1c[nH]c2ccccc12)N1C(=O)/C(=C/c2ccccc2Cl)SC1=S. The number of aromatic nitrogens is 1. The van der Waals surface area contributed by atoms with Gasteiger partial charge in [0.2, 0.25) is 5.91 Å². The van der Waals surface area contributed by atoms with E-state index in [0.29, 0.717) is 27.2 Å². The van der Waals surface area contributed by atoms with Crippen LogP contribution in [0.1, 0.15) is 18.1 Å². The fourth-order valence-electron chi connectivity index (χ4n) is 3.47. The van der Waals surface area contributed by atoms with Crippen LogP contribution in [0.3, 0.4) is 0 Å². The van der Waals surface area contributed by atoms with Gasteiger partial charge < -0.3 is 10.3 Å². The summed E-state index contributed by atoms with van der Waals surface area (Å²) < 4.78 is 0.364. The molecule has 5 nitrogen and oxygen atoms in total. The van der Waals surface area contributed by atoms with Crippen molar-refractivity contribution in [2.24, 2.45) is 0 Å². The van der Waals surface area contributed by atoms with Crippen molar-refractivity contribution >= 4 is 68.7 Å². The lowest BCUT2D eigenvalue weighted by atomic mass is 10.1. The van der Waals surface area contributed by atoms with Gasteiger partial charge in [-0.25, -0.2) is 0 Å². The summed E-state index contributed by atoms with van der Waals surface area (Å²) in [5.41, 5.74) is 2.94. The maximum absolute atomic E-state index is 12.9. The lowest BCUT2D eigenvalue weighted by Crippen LogP contribution is -2.47. The molecule has 2 aromatic carbocycles. The Kier molecular flexibility index (Phi) is 6.46. The first-order chi connectivity index (χ1) is 15.0. The lowest BCUT2D eigenvalue weighted by molar-refractivity contribution is -0.132. The molecule has 0 aliphatic carbocycles. The van der Waals surface area contributed by atoms with Crippen LogP contribution in [-0.2, 0) is 16.0 Å². The van der Waals surface area contributed by atoms with Gasteiger partial charge in [-0.1, -0.05) is 72.0 Å². The number of benzene rings is 2. The zero-order valence-electron chi connectivity index (χ0n) is 16.7. The average molecular weight is 470 g/mol. The van der Waals surface area contributed by atoms with Crippen molar-refractivity contribution < 1.29 is 9.59 Å². The second-order valence-corrected chi connectivity index (χ2v) is 9.23. The summed E-state index contributed by atoms with van der Waals surface area (Å²) in [7, 11) is 0. The monoisotopic (exact) mass is 469 g/mol. The van der Waals surface area contributed by atoms with Crippen LogP contribution in [0.4, 0.5) is 0 Å². The van der Waals surface area contributed by atoms with E-state index < -0.39 is 6.04 Å². The number of nitrogens with one attached hydrogen (secondary N) is 2. The highest BCUT2D eigenvalue weighted by atomic mass is 35.5. The molecule has 0 bridgehead atoms. The van der Waals surface area contributed by atoms with Gasteiger partial charge in [-0.2, -0.15) is 0 Å². The van der Waals surface area contributed by atoms with Gasteiger partial charge in [-0.05, 0) is 42.7 Å². The number of H-pyrrole nitrogens is 1. The minimum absolute atomic E-state index is 0.241. The molecule has 1 atom stereocenters. The third kappa shape index (κ3) is 4.54. The number of carbonyl (C=O) groups is 2. The van der Waals surface area contributed by atoms with Crippen LogP contribution in [0, 0.1) is 0 Å². The highest BCUT2D eigenvalue weighted by Crippen LogP contribution is 2.35. The van der Waals surface area contributed by atoms with Gasteiger partial charge in [0.1, 0.15) is 10.4 Å². The van der Waals surface area contributed by atoms with Crippen molar-refractivity contribution in [1.29, 1.82) is 0 Å². The number of nitrogens with zero attached hydrogens (tertiary/aromatic N) is 1. The Morgan fingerprint density at radius 2 is 2.00 bits per heavy atom. The smallest absolute Gasteiger partial charge is 0.266 e. The Morgan fingerprint density at radius 1 is 1.26 bits per heavy atom. The number of aromatic amines is 1. The summed E-state index contributed by atoms with van der Waals surface area (Å²) in [5, 5.41) is 4.62. The predicted molar refractivity (Wildman–Crippen MR) is 131 cm³/mol. The van der Waals surface area contributed by atoms with Gasteiger partial charge >= 0.3 is 0 Å². The molecule has 2 heterocycles. The van der Waals surface area contributed by atoms with Gasteiger partial charge in [0.25, 0.3) is 5.91 Å². The molecule has 3 aromatic rings. The Balaban J connectivity index is 1.39. The van der Waals surface area contributed by atoms with Crippen molar-refractivity contribution in [1.82, 2.24) is 15.2 Å². The minimum Gasteiger partial charge on any atom is -0.361 e. The van der Waals surface area contributed by atoms with E-state index in [0.717, 1.165) is 22.0 Å². The molecular formula is C23H20ClN3O2S2. The van der Waals surface area contributed by atoms with Gasteiger partial charge in [-0.15, -0.1) is 0 Å². The fourth-order valence-corrected chi connectivity index (χ4v) is 5.07. The fraction of sp³-hybridized carbons (Fsp3) is 0.174. The molecule has 158 valence electrons. The Hall–Kier alpha value is -2.61. The summed E-state index contributed by atoms with van der Waals surface area (Å²) in [5.74, 6) is -0.524. The van der Waals surface area contributed by atoms with E-state index in [4.69, 9.17) is 23.8 Å². The summed E-state index contributed by atoms with van der Waals surface area (Å²) in [6.07, 6.45) is 4.36. The number of hydrogen-bond donors (Lipinski definition) is 2. The maximum Gasteiger partial charge on any atom is 0.266 e. The number of para-hydroxylation sites is 1. The van der Waals surface area contributed by atoms with Crippen LogP contribution in [0.5, 0.6) is 0 Å². The number of rotatable bonds is 6. The van der Waals surface area contributed by atoms with Crippen LogP contribution in [0.25, 0.3) is 17.0 Å². The molecule has 0 unspecified atom stereocenters. The number of thiocarbonyl (C=S) groups is 1. The Labute approximate surface area is 194 Å². The average Bonchev–Trinajstić information content (AvgIpc) is 3.29. The molecule has 8 heteroatoms. The first kappa shape index (κ1) is 21.6. The summed E-state index contributed by atoms with van der Waals surface area (Å²) >= 11 is 12.8. The van der Waals surface area contributed by atoms with Crippen LogP contribution in [0.15, 0.2) is 59.6 Å². The standard InChI is InChI=1S/C23H20ClN3O2S2/c1-14(21(28)25-11-10-16-13-26-19-9-5-3-7-17(16)19)27-22(29)20(31-23(27)30)12-15-6-2-4-8-18(15)24/h2-9,12-14,26H,10-11H2,1H3,(H,25,28)/b20-12-/t14-/m0/s1. The van der Waals surface area contributed by atoms with Crippen molar-refractivity contribution in [3.8, 4) is 0 Å². The van der Waals surface area contributed by atoms with E-state index >= 15 is 0 Å². The number of fused-ring (bicyclic) bond motifs is 1. The number of thioether (sulfide) groups is 1. The summed E-state index contributed by atoms with van der Waals surface area (Å²) in [6.45, 7) is 2.15. The van der Waals surface area contributed by atoms with Crippen LogP contribution in [-0.4, -0.2) is 38.6 Å².